The first-order valence-corrected chi connectivity index (χ1v) is 12.5. The highest BCUT2D eigenvalue weighted by Crippen LogP contribution is 2.68. The van der Waals surface area contributed by atoms with Gasteiger partial charge in [-0.1, -0.05) is 39.2 Å². The molecule has 1 aliphatic heterocycles. The smallest absolute Gasteiger partial charge is 0.404 e. The SMILES string of the molecule is CCCCB1OCC(=O)[C@]2(CC[C@H]3[C@@H]4CCC5=CC(=O)CC[C@]5(C)[C@H]4[C@@H](O)C[C@@]32C)O1. The molecule has 7 atom stereocenters. The first-order valence-electron chi connectivity index (χ1n) is 12.5. The van der Waals surface area contributed by atoms with Crippen LogP contribution in [0.2, 0.25) is 6.32 Å². The second-order valence-corrected chi connectivity index (χ2v) is 11.4. The Kier molecular flexibility index (Phi) is 5.31. The molecule has 170 valence electrons. The van der Waals surface area contributed by atoms with E-state index >= 15 is 0 Å². The van der Waals surface area contributed by atoms with Gasteiger partial charge in [0.2, 0.25) is 0 Å². The number of rotatable bonds is 3. The zero-order valence-corrected chi connectivity index (χ0v) is 19.3. The maximum absolute atomic E-state index is 13.3. The lowest BCUT2D eigenvalue weighted by Crippen LogP contribution is -2.65. The average Bonchev–Trinajstić information content (AvgIpc) is 3.01. The summed E-state index contributed by atoms with van der Waals surface area (Å²) in [6, 6.07) is 0. The summed E-state index contributed by atoms with van der Waals surface area (Å²) in [4.78, 5) is 25.4. The molecule has 0 aromatic rings. The maximum atomic E-state index is 13.3. The van der Waals surface area contributed by atoms with Crippen molar-refractivity contribution >= 4 is 18.7 Å². The molecule has 4 fully saturated rings. The summed E-state index contributed by atoms with van der Waals surface area (Å²) >= 11 is 0. The highest BCUT2D eigenvalue weighted by Gasteiger charge is 2.70. The number of ketones is 2. The van der Waals surface area contributed by atoms with Crippen molar-refractivity contribution in [2.24, 2.45) is 28.6 Å². The van der Waals surface area contributed by atoms with Gasteiger partial charge >= 0.3 is 7.12 Å². The van der Waals surface area contributed by atoms with E-state index in [2.05, 4.69) is 20.8 Å². The molecule has 3 saturated carbocycles. The number of aliphatic hydroxyl groups excluding tert-OH is 1. The standard InChI is InChI=1S/C25H37BO5/c1-4-5-12-26-30-15-21(29)25(31-26)11-9-19-18-7-6-16-13-17(27)8-10-23(16,2)22(18)20(28)14-24(19,25)3/h13,18-20,22,28H,4-12,14-15H2,1-3H3/t18-,19-,20-,22+,23-,24-,25-/m0/s1. The topological polar surface area (TPSA) is 72.8 Å². The molecule has 5 rings (SSSR count). The molecule has 0 unspecified atom stereocenters. The molecule has 0 aromatic heterocycles. The molecular weight excluding hydrogens is 391 g/mol. The van der Waals surface area contributed by atoms with Crippen molar-refractivity contribution in [2.45, 2.75) is 96.6 Å². The number of aliphatic hydroxyl groups is 1. The number of carbonyl (C=O) groups is 2. The van der Waals surface area contributed by atoms with Gasteiger partial charge in [-0.05, 0) is 74.1 Å². The molecule has 1 saturated heterocycles. The number of unbranched alkanes of at least 4 members (excludes halogenated alkanes) is 1. The van der Waals surface area contributed by atoms with Gasteiger partial charge in [0.15, 0.2) is 11.6 Å². The fraction of sp³-hybridized carbons (Fsp3) is 0.840. The van der Waals surface area contributed by atoms with Crippen LogP contribution in [-0.4, -0.2) is 42.1 Å². The Morgan fingerprint density at radius 2 is 2.00 bits per heavy atom. The number of allylic oxidation sites excluding steroid dienone is 1. The number of hydrogen-bond acceptors (Lipinski definition) is 5. The maximum Gasteiger partial charge on any atom is 0.457 e. The largest absolute Gasteiger partial charge is 0.457 e. The number of fused-ring (bicyclic) bond motifs is 6. The van der Waals surface area contributed by atoms with Gasteiger partial charge in [-0.3, -0.25) is 9.59 Å². The van der Waals surface area contributed by atoms with Crippen LogP contribution in [0.15, 0.2) is 11.6 Å². The van der Waals surface area contributed by atoms with Gasteiger partial charge in [0.25, 0.3) is 0 Å². The van der Waals surface area contributed by atoms with Crippen LogP contribution in [0.5, 0.6) is 0 Å². The van der Waals surface area contributed by atoms with Crippen molar-refractivity contribution in [3.8, 4) is 0 Å². The summed E-state index contributed by atoms with van der Waals surface area (Å²) in [7, 11) is -0.314. The molecule has 31 heavy (non-hydrogen) atoms. The summed E-state index contributed by atoms with van der Waals surface area (Å²) < 4.78 is 12.3. The highest BCUT2D eigenvalue weighted by atomic mass is 16.6. The zero-order chi connectivity index (χ0) is 22.0. The zero-order valence-electron chi connectivity index (χ0n) is 19.3. The van der Waals surface area contributed by atoms with Crippen molar-refractivity contribution < 1.29 is 24.0 Å². The Balaban J connectivity index is 1.48. The number of hydrogen-bond donors (Lipinski definition) is 1. The minimum Gasteiger partial charge on any atom is -0.404 e. The van der Waals surface area contributed by atoms with Crippen molar-refractivity contribution in [3.63, 3.8) is 0 Å². The average molecular weight is 428 g/mol. The summed E-state index contributed by atoms with van der Waals surface area (Å²) in [5.74, 6) is 1.21. The van der Waals surface area contributed by atoms with Crippen LogP contribution in [-0.2, 0) is 18.9 Å². The minimum absolute atomic E-state index is 0.0711. The van der Waals surface area contributed by atoms with E-state index in [0.717, 1.165) is 51.3 Å². The molecule has 0 radical (unpaired) electrons. The Hall–Kier alpha value is -0.975. The van der Waals surface area contributed by atoms with Gasteiger partial charge in [0, 0.05) is 11.8 Å². The molecule has 5 aliphatic rings. The summed E-state index contributed by atoms with van der Waals surface area (Å²) in [6.07, 6.45) is 9.99. The Morgan fingerprint density at radius 3 is 2.77 bits per heavy atom. The summed E-state index contributed by atoms with van der Waals surface area (Å²) in [5.41, 5.74) is -0.0309. The Morgan fingerprint density at radius 1 is 1.19 bits per heavy atom. The minimum atomic E-state index is -0.820. The van der Waals surface area contributed by atoms with E-state index < -0.39 is 11.7 Å². The van der Waals surface area contributed by atoms with E-state index in [1.807, 2.05) is 6.08 Å². The number of carbonyl (C=O) groups excluding carboxylic acids is 2. The second-order valence-electron chi connectivity index (χ2n) is 11.4. The normalized spacial score (nSPS) is 47.1. The third-order valence-electron chi connectivity index (χ3n) is 9.99. The van der Waals surface area contributed by atoms with Crippen LogP contribution in [0.3, 0.4) is 0 Å². The van der Waals surface area contributed by atoms with Gasteiger partial charge in [0.1, 0.15) is 5.60 Å². The van der Waals surface area contributed by atoms with Crippen molar-refractivity contribution in [2.75, 3.05) is 6.61 Å². The first-order chi connectivity index (χ1) is 14.7. The quantitative estimate of drug-likeness (QED) is 0.685. The van der Waals surface area contributed by atoms with Crippen LogP contribution in [0, 0.1) is 28.6 Å². The monoisotopic (exact) mass is 428 g/mol. The lowest BCUT2D eigenvalue weighted by Gasteiger charge is -2.61. The van der Waals surface area contributed by atoms with E-state index in [4.69, 9.17) is 9.31 Å². The predicted molar refractivity (Wildman–Crippen MR) is 118 cm³/mol. The molecule has 1 heterocycles. The van der Waals surface area contributed by atoms with Gasteiger partial charge in [-0.25, -0.2) is 0 Å². The highest BCUT2D eigenvalue weighted by molar-refractivity contribution is 6.46. The molecule has 0 amide bonds. The molecular formula is C25H37BO5. The molecule has 5 nitrogen and oxygen atoms in total. The van der Waals surface area contributed by atoms with Crippen LogP contribution in [0.4, 0.5) is 0 Å². The fourth-order valence-corrected chi connectivity index (χ4v) is 8.45. The van der Waals surface area contributed by atoms with Crippen molar-refractivity contribution in [1.29, 1.82) is 0 Å². The van der Waals surface area contributed by atoms with Gasteiger partial charge in [-0.2, -0.15) is 0 Å². The molecule has 0 bridgehead atoms. The lowest BCUT2D eigenvalue weighted by molar-refractivity contribution is -0.185. The predicted octanol–water partition coefficient (Wildman–Crippen LogP) is 4.13. The van der Waals surface area contributed by atoms with E-state index in [-0.39, 0.29) is 42.0 Å². The van der Waals surface area contributed by atoms with Gasteiger partial charge < -0.3 is 14.4 Å². The van der Waals surface area contributed by atoms with E-state index in [1.54, 1.807) is 0 Å². The Labute approximate surface area is 186 Å². The van der Waals surface area contributed by atoms with Gasteiger partial charge in [0.05, 0.1) is 12.7 Å². The molecule has 1 N–H and O–H groups in total. The fourth-order valence-electron chi connectivity index (χ4n) is 8.45. The third-order valence-corrected chi connectivity index (χ3v) is 9.99. The van der Waals surface area contributed by atoms with Crippen LogP contribution < -0.4 is 0 Å². The second kappa shape index (κ2) is 7.53. The van der Waals surface area contributed by atoms with Crippen LogP contribution >= 0.6 is 0 Å². The third kappa shape index (κ3) is 3.00. The van der Waals surface area contributed by atoms with E-state index in [0.29, 0.717) is 24.7 Å². The van der Waals surface area contributed by atoms with Crippen molar-refractivity contribution in [1.82, 2.24) is 0 Å². The van der Waals surface area contributed by atoms with Crippen molar-refractivity contribution in [3.05, 3.63) is 11.6 Å². The van der Waals surface area contributed by atoms with Crippen LogP contribution in [0.25, 0.3) is 0 Å². The molecule has 6 heteroatoms. The van der Waals surface area contributed by atoms with E-state index in [9.17, 15) is 14.7 Å². The summed E-state index contributed by atoms with van der Waals surface area (Å²) in [6.45, 7) is 6.77. The van der Waals surface area contributed by atoms with Gasteiger partial charge in [-0.15, -0.1) is 0 Å². The molecule has 4 aliphatic carbocycles. The Bertz CT molecular complexity index is 810. The number of Topliss-reactive ketones (excluding diaryl/α,β-unsaturated/α-hetero) is 1. The lowest BCUT2D eigenvalue weighted by atomic mass is 9.45. The molecule has 1 spiro atoms. The molecule has 0 aromatic carbocycles. The van der Waals surface area contributed by atoms with E-state index in [1.165, 1.54) is 5.57 Å². The van der Waals surface area contributed by atoms with Crippen LogP contribution in [0.1, 0.15) is 78.6 Å². The summed E-state index contributed by atoms with van der Waals surface area (Å²) in [5, 5.41) is 11.6. The first kappa shape index (κ1) is 21.8.